The van der Waals surface area contributed by atoms with E-state index in [1.54, 1.807) is 37.8 Å². The summed E-state index contributed by atoms with van der Waals surface area (Å²) >= 11 is 0. The van der Waals surface area contributed by atoms with E-state index in [0.717, 1.165) is 75.4 Å². The zero-order valence-electron chi connectivity index (χ0n) is 27.5. The quantitative estimate of drug-likeness (QED) is 0.239. The molecule has 8 heterocycles. The number of hydrogen-bond donors (Lipinski definition) is 2. The molecule has 2 N–H and O–H groups in total. The molecule has 3 aliphatic rings. The van der Waals surface area contributed by atoms with Gasteiger partial charge in [-0.05, 0) is 49.1 Å². The van der Waals surface area contributed by atoms with Crippen LogP contribution in [-0.2, 0) is 31.4 Å². The normalized spacial score (nSPS) is 18.3. The molecule has 8 rings (SSSR count). The monoisotopic (exact) mass is 661 g/mol. The van der Waals surface area contributed by atoms with Gasteiger partial charge in [-0.3, -0.25) is 14.5 Å². The predicted molar refractivity (Wildman–Crippen MR) is 188 cm³/mol. The van der Waals surface area contributed by atoms with E-state index in [9.17, 15) is 14.7 Å². The third-order valence-electron chi connectivity index (χ3n) is 10.1. The minimum absolute atomic E-state index is 0.159. The fraction of sp³-hybridized carbons (Fsp3) is 0.361. The maximum atomic E-state index is 13.7. The van der Waals surface area contributed by atoms with E-state index < -0.39 is 0 Å². The lowest BCUT2D eigenvalue weighted by molar-refractivity contribution is -0.0682. The van der Waals surface area contributed by atoms with Gasteiger partial charge in [-0.2, -0.15) is 9.78 Å². The number of pyridine rings is 3. The number of anilines is 3. The largest absolute Gasteiger partial charge is 0.392 e. The summed E-state index contributed by atoms with van der Waals surface area (Å²) in [6.45, 7) is 8.84. The van der Waals surface area contributed by atoms with E-state index in [4.69, 9.17) is 4.74 Å². The molecular formula is C36H39N9O4. The number of aromatic nitrogens is 6. The Hall–Kier alpha value is -5.11. The number of fused-ring (bicyclic) bond motifs is 3. The van der Waals surface area contributed by atoms with Crippen molar-refractivity contribution < 1.29 is 9.84 Å². The summed E-state index contributed by atoms with van der Waals surface area (Å²) in [5, 5.41) is 19.8. The van der Waals surface area contributed by atoms with Crippen molar-refractivity contribution in [2.45, 2.75) is 44.5 Å². The molecule has 1 unspecified atom stereocenters. The van der Waals surface area contributed by atoms with Crippen molar-refractivity contribution in [3.63, 3.8) is 0 Å². The summed E-state index contributed by atoms with van der Waals surface area (Å²) in [5.74, 6) is 0.770. The van der Waals surface area contributed by atoms with Crippen LogP contribution < -0.4 is 21.3 Å². The van der Waals surface area contributed by atoms with E-state index in [-0.39, 0.29) is 29.6 Å². The molecule has 0 aliphatic carbocycles. The number of rotatable bonds is 8. The van der Waals surface area contributed by atoms with E-state index >= 15 is 0 Å². The number of nitrogens with zero attached hydrogens (tertiary/aromatic N) is 8. The van der Waals surface area contributed by atoms with Crippen molar-refractivity contribution in [2.24, 2.45) is 7.05 Å². The van der Waals surface area contributed by atoms with Gasteiger partial charge < -0.3 is 29.2 Å². The fourth-order valence-corrected chi connectivity index (χ4v) is 7.34. The Morgan fingerprint density at radius 1 is 1.04 bits per heavy atom. The van der Waals surface area contributed by atoms with Gasteiger partial charge in [0.05, 0.1) is 55.4 Å². The van der Waals surface area contributed by atoms with Gasteiger partial charge in [0.25, 0.3) is 11.1 Å². The van der Waals surface area contributed by atoms with E-state index in [0.29, 0.717) is 39.6 Å². The number of aliphatic hydroxyl groups is 1. The first kappa shape index (κ1) is 31.2. The van der Waals surface area contributed by atoms with Crippen LogP contribution in [0.3, 0.4) is 0 Å². The SMILES string of the molecule is C=CC1CN(C2COC2)CCN1c1ccc(Nc2cc(-c3ccnc(-n4ncc5c6n(cc5c4=O)CCCC6)c3CO)cn(C)c2=O)nc1. The molecule has 0 amide bonds. The van der Waals surface area contributed by atoms with Crippen LogP contribution in [0.2, 0.25) is 0 Å². The number of nitrogens with one attached hydrogen (secondary N) is 1. The van der Waals surface area contributed by atoms with Gasteiger partial charge in [-0.1, -0.05) is 6.08 Å². The Balaban J connectivity index is 1.08. The molecule has 0 radical (unpaired) electrons. The highest BCUT2D eigenvalue weighted by molar-refractivity contribution is 5.84. The van der Waals surface area contributed by atoms with Crippen molar-refractivity contribution in [3.8, 4) is 16.9 Å². The summed E-state index contributed by atoms with van der Waals surface area (Å²) in [5.41, 5.74) is 3.63. The van der Waals surface area contributed by atoms with Crippen LogP contribution in [0.5, 0.6) is 0 Å². The molecular weight excluding hydrogens is 622 g/mol. The lowest BCUT2D eigenvalue weighted by Crippen LogP contribution is -2.60. The molecule has 49 heavy (non-hydrogen) atoms. The number of ether oxygens (including phenoxy) is 1. The van der Waals surface area contributed by atoms with Crippen molar-refractivity contribution in [3.05, 3.63) is 99.9 Å². The fourth-order valence-electron chi connectivity index (χ4n) is 7.34. The molecule has 5 aromatic heterocycles. The van der Waals surface area contributed by atoms with Gasteiger partial charge in [0, 0.05) is 74.0 Å². The van der Waals surface area contributed by atoms with E-state index in [1.165, 1.54) is 9.25 Å². The van der Waals surface area contributed by atoms with Gasteiger partial charge >= 0.3 is 0 Å². The summed E-state index contributed by atoms with van der Waals surface area (Å²) in [4.78, 5) is 40.9. The molecule has 2 saturated heterocycles. The van der Waals surface area contributed by atoms with Crippen LogP contribution in [0, 0.1) is 0 Å². The molecule has 0 aromatic carbocycles. The zero-order chi connectivity index (χ0) is 33.6. The average molecular weight is 662 g/mol. The van der Waals surface area contributed by atoms with Gasteiger partial charge in [-0.25, -0.2) is 9.97 Å². The van der Waals surface area contributed by atoms with Crippen LogP contribution in [-0.4, -0.2) is 83.8 Å². The Bertz CT molecular complexity index is 2170. The summed E-state index contributed by atoms with van der Waals surface area (Å²) in [6.07, 6.45) is 13.8. The highest BCUT2D eigenvalue weighted by atomic mass is 16.5. The van der Waals surface area contributed by atoms with Crippen molar-refractivity contribution in [1.29, 1.82) is 0 Å². The molecule has 0 saturated carbocycles. The molecule has 0 bridgehead atoms. The second-order valence-electron chi connectivity index (χ2n) is 13.0. The zero-order valence-corrected chi connectivity index (χ0v) is 27.5. The van der Waals surface area contributed by atoms with Gasteiger partial charge in [0.1, 0.15) is 11.5 Å². The first-order chi connectivity index (χ1) is 23.9. The molecule has 0 spiro atoms. The maximum absolute atomic E-state index is 13.7. The Labute approximate surface area is 282 Å². The highest BCUT2D eigenvalue weighted by Gasteiger charge is 2.33. The Kier molecular flexibility index (Phi) is 8.10. The minimum Gasteiger partial charge on any atom is -0.392 e. The summed E-state index contributed by atoms with van der Waals surface area (Å²) < 4.78 is 10.3. The molecule has 252 valence electrons. The first-order valence-corrected chi connectivity index (χ1v) is 16.8. The second-order valence-corrected chi connectivity index (χ2v) is 13.0. The second kappa shape index (κ2) is 12.7. The number of aliphatic hydroxyl groups excluding tert-OH is 1. The molecule has 13 heteroatoms. The van der Waals surface area contributed by atoms with Crippen LogP contribution in [0.1, 0.15) is 24.1 Å². The lowest BCUT2D eigenvalue weighted by atomic mass is 10.0. The van der Waals surface area contributed by atoms with Crippen molar-refractivity contribution in [2.75, 3.05) is 43.1 Å². The standard InChI is InChI=1S/C36H39N9O4/c1-3-24-18-42(26-21-49-22-26)12-13-44(24)25-7-8-33(38-15-25)40-31-14-23(17-41(2)36(31)48)27-9-10-37-34(30(27)20-46)45-35(47)29-19-43-11-5-4-6-32(43)28(29)16-39-45/h3,7-10,14-17,19,24,26,46H,1,4-6,11-13,18,20-22H2,2H3,(H,38,40). The smallest absolute Gasteiger partial charge is 0.282 e. The Morgan fingerprint density at radius 2 is 1.92 bits per heavy atom. The molecule has 13 nitrogen and oxygen atoms in total. The van der Waals surface area contributed by atoms with Crippen LogP contribution in [0.4, 0.5) is 17.2 Å². The number of hydrogen-bond acceptors (Lipinski definition) is 10. The Morgan fingerprint density at radius 3 is 2.67 bits per heavy atom. The average Bonchev–Trinajstić information content (AvgIpc) is 3.49. The lowest BCUT2D eigenvalue weighted by Gasteiger charge is -2.46. The van der Waals surface area contributed by atoms with Crippen LogP contribution in [0.25, 0.3) is 27.7 Å². The molecule has 5 aromatic rings. The maximum Gasteiger partial charge on any atom is 0.282 e. The summed E-state index contributed by atoms with van der Waals surface area (Å²) in [6, 6.07) is 8.01. The molecule has 3 aliphatic heterocycles. The van der Waals surface area contributed by atoms with Gasteiger partial charge in [0.15, 0.2) is 5.82 Å². The van der Waals surface area contributed by atoms with Gasteiger partial charge in [-0.15, -0.1) is 6.58 Å². The molecule has 1 atom stereocenters. The topological polar surface area (TPSA) is 136 Å². The third-order valence-corrected chi connectivity index (χ3v) is 10.1. The minimum atomic E-state index is -0.389. The highest BCUT2D eigenvalue weighted by Crippen LogP contribution is 2.30. The summed E-state index contributed by atoms with van der Waals surface area (Å²) in [7, 11) is 1.67. The van der Waals surface area contributed by atoms with Crippen LogP contribution >= 0.6 is 0 Å². The number of aryl methyl sites for hydroxylation is 3. The van der Waals surface area contributed by atoms with E-state index in [1.807, 2.05) is 30.6 Å². The van der Waals surface area contributed by atoms with Crippen molar-refractivity contribution in [1.82, 2.24) is 33.8 Å². The predicted octanol–water partition coefficient (Wildman–Crippen LogP) is 2.99. The molecule has 2 fully saturated rings. The van der Waals surface area contributed by atoms with Crippen LogP contribution in [0.15, 0.2) is 77.5 Å². The first-order valence-electron chi connectivity index (χ1n) is 16.8. The third kappa shape index (κ3) is 5.53. The van der Waals surface area contributed by atoms with E-state index in [2.05, 4.69) is 41.3 Å². The van der Waals surface area contributed by atoms with Crippen molar-refractivity contribution >= 4 is 28.0 Å². The van der Waals surface area contributed by atoms with Gasteiger partial charge in [0.2, 0.25) is 0 Å². The number of piperazine rings is 1.